The van der Waals surface area contributed by atoms with Gasteiger partial charge in [-0.2, -0.15) is 0 Å². The molecule has 1 fully saturated rings. The summed E-state index contributed by atoms with van der Waals surface area (Å²) in [5.41, 5.74) is 0. The summed E-state index contributed by atoms with van der Waals surface area (Å²) in [5, 5.41) is 31.6. The third kappa shape index (κ3) is 45.2. The maximum Gasteiger partial charge on any atom is 0.335 e. The summed E-state index contributed by atoms with van der Waals surface area (Å²) in [6.07, 6.45) is 53.8. The van der Waals surface area contributed by atoms with Gasteiger partial charge < -0.3 is 39.0 Å². The zero-order valence-corrected chi connectivity index (χ0v) is 50.9. The summed E-state index contributed by atoms with van der Waals surface area (Å²) < 4.78 is 28.5. The van der Waals surface area contributed by atoms with Crippen LogP contribution in [0.25, 0.3) is 0 Å². The van der Waals surface area contributed by atoms with Crippen molar-refractivity contribution in [2.75, 3.05) is 13.2 Å². The van der Waals surface area contributed by atoms with Gasteiger partial charge in [-0.05, 0) is 96.3 Å². The number of aliphatic carboxylic acids is 1. The molecular weight excluding hydrogens is 997 g/mol. The molecule has 6 unspecified atom stereocenters. The summed E-state index contributed by atoms with van der Waals surface area (Å²) in [4.78, 5) is 51.3. The van der Waals surface area contributed by atoms with Gasteiger partial charge in [0.1, 0.15) is 18.8 Å². The van der Waals surface area contributed by atoms with Crippen molar-refractivity contribution in [3.05, 3.63) is 36.5 Å². The third-order valence-corrected chi connectivity index (χ3v) is 15.2. The molecule has 1 rings (SSSR count). The highest BCUT2D eigenvalue weighted by Crippen LogP contribution is 2.27. The number of esters is 3. The van der Waals surface area contributed by atoms with E-state index in [1.807, 2.05) is 0 Å². The number of carboxylic acid groups (broad SMARTS) is 1. The maximum atomic E-state index is 13.2. The molecule has 0 amide bonds. The number of carbonyl (C=O) groups excluding carboxylic acids is 3. The van der Waals surface area contributed by atoms with E-state index in [-0.39, 0.29) is 25.9 Å². The van der Waals surface area contributed by atoms with Crippen molar-refractivity contribution in [3.63, 3.8) is 0 Å². The van der Waals surface area contributed by atoms with E-state index in [0.717, 1.165) is 109 Å². The molecule has 0 saturated carbocycles. The first kappa shape index (κ1) is 74.0. The lowest BCUT2D eigenvalue weighted by molar-refractivity contribution is -0.301. The van der Waals surface area contributed by atoms with Crippen LogP contribution in [0.2, 0.25) is 0 Å². The monoisotopic (exact) mass is 1120 g/mol. The molecule has 1 heterocycles. The molecule has 79 heavy (non-hydrogen) atoms. The van der Waals surface area contributed by atoms with Crippen LogP contribution in [0.4, 0.5) is 0 Å². The van der Waals surface area contributed by atoms with Gasteiger partial charge in [-0.3, -0.25) is 14.4 Å². The molecule has 0 spiro atoms. The van der Waals surface area contributed by atoms with Crippen LogP contribution in [0.5, 0.6) is 0 Å². The average molecular weight is 1120 g/mol. The van der Waals surface area contributed by atoms with E-state index < -0.39 is 67.3 Å². The van der Waals surface area contributed by atoms with Gasteiger partial charge >= 0.3 is 23.9 Å². The Labute approximate surface area is 482 Å². The lowest BCUT2D eigenvalue weighted by atomic mass is 9.98. The fraction of sp³-hybridized carbons (Fsp3) is 0.851. The van der Waals surface area contributed by atoms with Gasteiger partial charge in [0, 0.05) is 19.3 Å². The van der Waals surface area contributed by atoms with Crippen LogP contribution < -0.4 is 0 Å². The third-order valence-electron chi connectivity index (χ3n) is 15.2. The zero-order valence-electron chi connectivity index (χ0n) is 50.9. The van der Waals surface area contributed by atoms with Crippen molar-refractivity contribution in [2.24, 2.45) is 0 Å². The average Bonchev–Trinajstić information content (AvgIpc) is 3.44. The number of carbonyl (C=O) groups is 4. The number of aliphatic hydroxyl groups excluding tert-OH is 2. The number of ether oxygens (including phenoxy) is 5. The minimum atomic E-state index is -1.90. The maximum absolute atomic E-state index is 13.2. The number of unbranched alkanes of at least 4 members (excludes halogenated alkanes) is 37. The Morgan fingerprint density at radius 2 is 0.722 bits per heavy atom. The van der Waals surface area contributed by atoms with E-state index in [0.29, 0.717) is 19.3 Å². The van der Waals surface area contributed by atoms with E-state index in [9.17, 15) is 34.5 Å². The molecule has 1 aliphatic heterocycles. The summed E-state index contributed by atoms with van der Waals surface area (Å²) in [6, 6.07) is 0. The summed E-state index contributed by atoms with van der Waals surface area (Å²) in [6.45, 7) is 6.01. The van der Waals surface area contributed by atoms with Crippen LogP contribution in [-0.4, -0.2) is 89.2 Å². The number of hydrogen-bond donors (Lipinski definition) is 3. The molecule has 0 aromatic carbocycles. The zero-order chi connectivity index (χ0) is 57.5. The van der Waals surface area contributed by atoms with Crippen LogP contribution in [0.1, 0.15) is 316 Å². The topological polar surface area (TPSA) is 175 Å². The summed E-state index contributed by atoms with van der Waals surface area (Å²) in [5.74, 6) is -3.11. The van der Waals surface area contributed by atoms with Crippen molar-refractivity contribution < 1.29 is 58.2 Å². The fourth-order valence-electron chi connectivity index (χ4n) is 10.1. The second kappa shape index (κ2) is 55.5. The Hall–Kier alpha value is -3.06. The Morgan fingerprint density at radius 3 is 1.08 bits per heavy atom. The first-order valence-electron chi connectivity index (χ1n) is 33.0. The lowest BCUT2D eigenvalue weighted by Crippen LogP contribution is -2.61. The predicted molar refractivity (Wildman–Crippen MR) is 322 cm³/mol. The molecule has 1 saturated heterocycles. The molecule has 12 heteroatoms. The predicted octanol–water partition coefficient (Wildman–Crippen LogP) is 17.6. The smallest absolute Gasteiger partial charge is 0.335 e. The molecule has 0 aromatic heterocycles. The Balaban J connectivity index is 2.65. The Bertz CT molecular complexity index is 1510. The highest BCUT2D eigenvalue weighted by atomic mass is 16.7. The Morgan fingerprint density at radius 1 is 0.405 bits per heavy atom. The highest BCUT2D eigenvalue weighted by Gasteiger charge is 2.50. The van der Waals surface area contributed by atoms with Gasteiger partial charge in [0.15, 0.2) is 24.6 Å². The van der Waals surface area contributed by atoms with Crippen LogP contribution in [0.15, 0.2) is 36.5 Å². The molecule has 3 N–H and O–H groups in total. The van der Waals surface area contributed by atoms with E-state index in [1.54, 1.807) is 0 Å². The minimum Gasteiger partial charge on any atom is -0.479 e. The van der Waals surface area contributed by atoms with Gasteiger partial charge in [-0.1, -0.05) is 237 Å². The molecule has 460 valence electrons. The van der Waals surface area contributed by atoms with E-state index in [4.69, 9.17) is 23.7 Å². The van der Waals surface area contributed by atoms with Gasteiger partial charge in [0.25, 0.3) is 0 Å². The molecule has 0 aliphatic carbocycles. The van der Waals surface area contributed by atoms with Crippen molar-refractivity contribution in [3.8, 4) is 0 Å². The van der Waals surface area contributed by atoms with Crippen molar-refractivity contribution in [1.82, 2.24) is 0 Å². The van der Waals surface area contributed by atoms with Crippen molar-refractivity contribution >= 4 is 23.9 Å². The summed E-state index contributed by atoms with van der Waals surface area (Å²) >= 11 is 0. The van der Waals surface area contributed by atoms with E-state index >= 15 is 0 Å². The standard InChI is InChI=1S/C67H120O12/c1-4-7-10-13-16-19-22-25-28-29-30-31-34-37-40-43-46-49-52-55-61(70)78-65-63(72)62(71)64(66(73)74)79-67(65)76-57-58(77-60(69)54-51-48-45-42-39-36-33-27-24-21-18-15-12-9-6-3)56-75-59(68)53-50-47-44-41-38-35-32-26-23-20-17-14-11-8-5-2/h25-28,32-33,58,62-65,67,71-72H,4-24,29-31,34-57H2,1-3H3,(H,73,74)/b28-25-,32-26-,33-27-. The summed E-state index contributed by atoms with van der Waals surface area (Å²) in [7, 11) is 0. The normalized spacial score (nSPS) is 18.0. The first-order chi connectivity index (χ1) is 38.6. The second-order valence-corrected chi connectivity index (χ2v) is 22.7. The van der Waals surface area contributed by atoms with Gasteiger partial charge in [-0.25, -0.2) is 4.79 Å². The minimum absolute atomic E-state index is 0.0595. The molecule has 6 atom stereocenters. The molecule has 0 radical (unpaired) electrons. The number of rotatable bonds is 57. The van der Waals surface area contributed by atoms with E-state index in [2.05, 4.69) is 57.2 Å². The van der Waals surface area contributed by atoms with Gasteiger partial charge in [-0.15, -0.1) is 0 Å². The quantitative estimate of drug-likeness (QED) is 0.0228. The van der Waals surface area contributed by atoms with Crippen LogP contribution >= 0.6 is 0 Å². The first-order valence-corrected chi connectivity index (χ1v) is 33.0. The number of hydrogen-bond acceptors (Lipinski definition) is 11. The van der Waals surface area contributed by atoms with E-state index in [1.165, 1.54) is 148 Å². The van der Waals surface area contributed by atoms with Crippen molar-refractivity contribution in [1.29, 1.82) is 0 Å². The van der Waals surface area contributed by atoms with Crippen LogP contribution in [0.3, 0.4) is 0 Å². The van der Waals surface area contributed by atoms with Gasteiger partial charge in [0.05, 0.1) is 6.61 Å². The molecule has 0 aromatic rings. The fourth-order valence-corrected chi connectivity index (χ4v) is 10.1. The molecule has 12 nitrogen and oxygen atoms in total. The molecular formula is C67H120O12. The largest absolute Gasteiger partial charge is 0.479 e. The second-order valence-electron chi connectivity index (χ2n) is 22.7. The van der Waals surface area contributed by atoms with Crippen LogP contribution in [-0.2, 0) is 42.9 Å². The number of aliphatic hydroxyl groups is 2. The number of carboxylic acids is 1. The SMILES string of the molecule is CCCCCCCC/C=C\CCCCCCCCCCCC(=O)OC1C(OCC(COC(=O)CCCCCCC/C=C\CCCCCCCC)OC(=O)CCCCCCC/C=C\CCCCCCCC)OC(C(=O)O)C(O)C1O. The lowest BCUT2D eigenvalue weighted by Gasteiger charge is -2.40. The van der Waals surface area contributed by atoms with Crippen LogP contribution in [0, 0.1) is 0 Å². The Kier molecular flexibility index (Phi) is 51.9. The van der Waals surface area contributed by atoms with Gasteiger partial charge in [0.2, 0.25) is 0 Å². The van der Waals surface area contributed by atoms with Crippen molar-refractivity contribution in [2.45, 2.75) is 353 Å². The molecule has 1 aliphatic rings. The number of allylic oxidation sites excluding steroid dienone is 6. The molecule has 0 bridgehead atoms. The highest BCUT2D eigenvalue weighted by molar-refractivity contribution is 5.74.